The maximum Gasteiger partial charge on any atom is 0.269 e. The Morgan fingerprint density at radius 1 is 1.17 bits per heavy atom. The molecule has 1 aliphatic rings. The van der Waals surface area contributed by atoms with Crippen molar-refractivity contribution in [1.82, 2.24) is 19.8 Å². The summed E-state index contributed by atoms with van der Waals surface area (Å²) < 4.78 is 26.3. The molecule has 1 aromatic carbocycles. The van der Waals surface area contributed by atoms with Gasteiger partial charge in [0.1, 0.15) is 5.69 Å². The summed E-state index contributed by atoms with van der Waals surface area (Å²) in [6.07, 6.45) is 3.33. The minimum absolute atomic E-state index is 0.253. The Kier molecular flexibility index (Phi) is 4.44. The number of aromatic nitrogens is 2. The van der Waals surface area contributed by atoms with Gasteiger partial charge in [0.25, 0.3) is 5.91 Å². The van der Waals surface area contributed by atoms with Crippen LogP contribution in [0, 0.1) is 0 Å². The molecule has 122 valence electrons. The molecule has 1 fully saturated rings. The van der Waals surface area contributed by atoms with Crippen molar-refractivity contribution in [2.24, 2.45) is 0 Å². The molecular weight excluding hydrogens is 316 g/mol. The van der Waals surface area contributed by atoms with E-state index < -0.39 is 10.0 Å². The van der Waals surface area contributed by atoms with E-state index in [0.29, 0.717) is 30.2 Å². The third-order valence-electron chi connectivity index (χ3n) is 3.82. The summed E-state index contributed by atoms with van der Waals surface area (Å²) in [6, 6.07) is 8.20. The standard InChI is InChI=1S/C15H18N4O3S/c20-15(14-7-8-17-18-14)16-11-12-3-5-13(6-4-12)23(21,22)19-9-1-2-10-19/h3-8H,1-2,9-11H2,(H,16,20)(H,17,18). The van der Waals surface area contributed by atoms with Gasteiger partial charge in [-0.15, -0.1) is 0 Å². The normalized spacial score (nSPS) is 15.7. The third-order valence-corrected chi connectivity index (χ3v) is 5.74. The van der Waals surface area contributed by atoms with Crippen LogP contribution in [0.25, 0.3) is 0 Å². The van der Waals surface area contributed by atoms with Gasteiger partial charge in [0.2, 0.25) is 10.0 Å². The average Bonchev–Trinajstić information content (AvgIpc) is 3.25. The molecule has 1 aliphatic heterocycles. The second-order valence-electron chi connectivity index (χ2n) is 5.41. The molecule has 0 bridgehead atoms. The van der Waals surface area contributed by atoms with Crippen molar-refractivity contribution in [1.29, 1.82) is 0 Å². The molecule has 0 spiro atoms. The van der Waals surface area contributed by atoms with E-state index in [1.54, 1.807) is 30.3 Å². The number of carbonyl (C=O) groups excluding carboxylic acids is 1. The van der Waals surface area contributed by atoms with Gasteiger partial charge in [0, 0.05) is 25.8 Å². The molecule has 2 N–H and O–H groups in total. The highest BCUT2D eigenvalue weighted by atomic mass is 32.2. The molecule has 0 unspecified atom stereocenters. The lowest BCUT2D eigenvalue weighted by atomic mass is 10.2. The quantitative estimate of drug-likeness (QED) is 0.857. The van der Waals surface area contributed by atoms with Crippen LogP contribution in [-0.4, -0.2) is 41.9 Å². The van der Waals surface area contributed by atoms with E-state index in [9.17, 15) is 13.2 Å². The van der Waals surface area contributed by atoms with E-state index in [2.05, 4.69) is 15.5 Å². The van der Waals surface area contributed by atoms with Crippen molar-refractivity contribution in [3.05, 3.63) is 47.8 Å². The molecule has 0 atom stereocenters. The summed E-state index contributed by atoms with van der Waals surface area (Å²) >= 11 is 0. The molecule has 2 aromatic rings. The van der Waals surface area contributed by atoms with Crippen molar-refractivity contribution in [2.45, 2.75) is 24.3 Å². The number of aromatic amines is 1. The van der Waals surface area contributed by atoms with Gasteiger partial charge in [0.05, 0.1) is 4.90 Å². The first kappa shape index (κ1) is 15.7. The molecule has 2 heterocycles. The molecule has 1 amide bonds. The number of amides is 1. The van der Waals surface area contributed by atoms with Crippen molar-refractivity contribution < 1.29 is 13.2 Å². The number of carbonyl (C=O) groups is 1. The smallest absolute Gasteiger partial charge is 0.269 e. The SMILES string of the molecule is O=C(NCc1ccc(S(=O)(=O)N2CCCC2)cc1)c1ccn[nH]1. The van der Waals surface area contributed by atoms with Gasteiger partial charge in [-0.3, -0.25) is 9.89 Å². The van der Waals surface area contributed by atoms with Crippen LogP contribution in [0.4, 0.5) is 0 Å². The van der Waals surface area contributed by atoms with Crippen LogP contribution in [0.15, 0.2) is 41.4 Å². The molecule has 0 saturated carbocycles. The number of H-pyrrole nitrogens is 1. The van der Waals surface area contributed by atoms with E-state index in [0.717, 1.165) is 18.4 Å². The van der Waals surface area contributed by atoms with Crippen LogP contribution >= 0.6 is 0 Å². The molecular formula is C15H18N4O3S. The predicted molar refractivity (Wildman–Crippen MR) is 84.2 cm³/mol. The zero-order chi connectivity index (χ0) is 16.3. The molecule has 0 radical (unpaired) electrons. The second-order valence-corrected chi connectivity index (χ2v) is 7.35. The highest BCUT2D eigenvalue weighted by molar-refractivity contribution is 7.89. The minimum Gasteiger partial charge on any atom is -0.347 e. The van der Waals surface area contributed by atoms with E-state index in [4.69, 9.17) is 0 Å². The predicted octanol–water partition coefficient (Wildman–Crippen LogP) is 1.12. The lowest BCUT2D eigenvalue weighted by molar-refractivity contribution is 0.0946. The number of nitrogens with zero attached hydrogens (tertiary/aromatic N) is 2. The van der Waals surface area contributed by atoms with Crippen LogP contribution in [0.1, 0.15) is 28.9 Å². The molecule has 3 rings (SSSR count). The summed E-state index contributed by atoms with van der Waals surface area (Å²) in [7, 11) is -3.39. The van der Waals surface area contributed by atoms with Crippen molar-refractivity contribution >= 4 is 15.9 Å². The molecule has 0 aliphatic carbocycles. The number of rotatable bonds is 5. The Labute approximate surface area is 134 Å². The Morgan fingerprint density at radius 3 is 2.48 bits per heavy atom. The molecule has 7 nitrogen and oxygen atoms in total. The van der Waals surface area contributed by atoms with Crippen molar-refractivity contribution in [3.63, 3.8) is 0 Å². The number of hydrogen-bond acceptors (Lipinski definition) is 4. The number of sulfonamides is 1. The second kappa shape index (κ2) is 6.51. The lowest BCUT2D eigenvalue weighted by Crippen LogP contribution is -2.28. The molecule has 1 aromatic heterocycles. The average molecular weight is 334 g/mol. The van der Waals surface area contributed by atoms with Gasteiger partial charge in [-0.1, -0.05) is 12.1 Å². The van der Waals surface area contributed by atoms with Gasteiger partial charge in [-0.25, -0.2) is 8.42 Å². The van der Waals surface area contributed by atoms with Gasteiger partial charge in [-0.05, 0) is 36.6 Å². The lowest BCUT2D eigenvalue weighted by Gasteiger charge is -2.15. The summed E-state index contributed by atoms with van der Waals surface area (Å²) in [5.74, 6) is -0.253. The fourth-order valence-corrected chi connectivity index (χ4v) is 4.03. The number of hydrogen-bond donors (Lipinski definition) is 2. The maximum atomic E-state index is 12.4. The van der Waals surface area contributed by atoms with Gasteiger partial charge in [-0.2, -0.15) is 9.40 Å². The molecule has 23 heavy (non-hydrogen) atoms. The Hall–Kier alpha value is -2.19. The largest absolute Gasteiger partial charge is 0.347 e. The highest BCUT2D eigenvalue weighted by Gasteiger charge is 2.26. The van der Waals surface area contributed by atoms with Crippen LogP contribution in [0.2, 0.25) is 0 Å². The first-order valence-corrected chi connectivity index (χ1v) is 8.88. The molecule has 8 heteroatoms. The van der Waals surface area contributed by atoms with Gasteiger partial charge in [0.15, 0.2) is 0 Å². The topological polar surface area (TPSA) is 95.2 Å². The first-order valence-electron chi connectivity index (χ1n) is 7.44. The van der Waals surface area contributed by atoms with Crippen LogP contribution in [0.3, 0.4) is 0 Å². The summed E-state index contributed by atoms with van der Waals surface area (Å²) in [5.41, 5.74) is 1.22. The van der Waals surface area contributed by atoms with E-state index in [1.165, 1.54) is 10.5 Å². The maximum absolute atomic E-state index is 12.4. The first-order chi connectivity index (χ1) is 11.1. The number of nitrogens with one attached hydrogen (secondary N) is 2. The monoisotopic (exact) mass is 334 g/mol. The van der Waals surface area contributed by atoms with E-state index in [-0.39, 0.29) is 5.91 Å². The minimum atomic E-state index is -3.39. The van der Waals surface area contributed by atoms with Crippen LogP contribution < -0.4 is 5.32 Å². The van der Waals surface area contributed by atoms with Crippen LogP contribution in [-0.2, 0) is 16.6 Å². The summed E-state index contributed by atoms with van der Waals surface area (Å²) in [4.78, 5) is 12.1. The fourth-order valence-electron chi connectivity index (χ4n) is 2.52. The zero-order valence-electron chi connectivity index (χ0n) is 12.5. The van der Waals surface area contributed by atoms with Crippen molar-refractivity contribution in [3.8, 4) is 0 Å². The summed E-state index contributed by atoms with van der Waals surface area (Å²) in [6.45, 7) is 1.50. The van der Waals surface area contributed by atoms with E-state index in [1.807, 2.05) is 0 Å². The highest BCUT2D eigenvalue weighted by Crippen LogP contribution is 2.21. The molecule has 1 saturated heterocycles. The van der Waals surface area contributed by atoms with Gasteiger partial charge < -0.3 is 5.32 Å². The zero-order valence-corrected chi connectivity index (χ0v) is 13.3. The Morgan fingerprint density at radius 2 is 1.87 bits per heavy atom. The number of benzene rings is 1. The Bertz CT molecular complexity index is 764. The van der Waals surface area contributed by atoms with Crippen molar-refractivity contribution in [2.75, 3.05) is 13.1 Å². The van der Waals surface area contributed by atoms with Crippen LogP contribution in [0.5, 0.6) is 0 Å². The van der Waals surface area contributed by atoms with Gasteiger partial charge >= 0.3 is 0 Å². The fraction of sp³-hybridized carbons (Fsp3) is 0.333. The Balaban J connectivity index is 1.64. The van der Waals surface area contributed by atoms with E-state index >= 15 is 0 Å². The summed E-state index contributed by atoms with van der Waals surface area (Å²) in [5, 5.41) is 9.05. The third kappa shape index (κ3) is 3.43.